The van der Waals surface area contributed by atoms with Crippen LogP contribution in [0.5, 0.6) is 5.75 Å². The highest BCUT2D eigenvalue weighted by Crippen LogP contribution is 2.16. The van der Waals surface area contributed by atoms with Crippen molar-refractivity contribution in [1.29, 1.82) is 0 Å². The molecule has 0 spiro atoms. The summed E-state index contributed by atoms with van der Waals surface area (Å²) in [6.07, 6.45) is 2.36. The Hall–Kier alpha value is -2.82. The predicted molar refractivity (Wildman–Crippen MR) is 125 cm³/mol. The van der Waals surface area contributed by atoms with Crippen molar-refractivity contribution in [2.24, 2.45) is 0 Å². The van der Waals surface area contributed by atoms with E-state index >= 15 is 0 Å². The van der Waals surface area contributed by atoms with E-state index in [1.54, 1.807) is 4.90 Å². The number of para-hydroxylation sites is 1. The molecule has 0 saturated heterocycles. The predicted octanol–water partition coefficient (Wildman–Crippen LogP) is 4.88. The smallest absolute Gasteiger partial charge is 0.243 e. The molecular formula is C26H36N2O3. The van der Waals surface area contributed by atoms with E-state index in [1.807, 2.05) is 82.3 Å². The first-order valence-corrected chi connectivity index (χ1v) is 11.3. The molecule has 0 aromatic heterocycles. The minimum absolute atomic E-state index is 0.0246. The van der Waals surface area contributed by atoms with E-state index in [2.05, 4.69) is 5.32 Å². The topological polar surface area (TPSA) is 58.6 Å². The number of rotatable bonds is 12. The normalized spacial score (nSPS) is 12.6. The summed E-state index contributed by atoms with van der Waals surface area (Å²) in [7, 11) is 0. The van der Waals surface area contributed by atoms with Crippen LogP contribution in [0.15, 0.2) is 54.6 Å². The number of ether oxygens (including phenoxy) is 1. The summed E-state index contributed by atoms with van der Waals surface area (Å²) in [5.41, 5.74) is 2.19. The summed E-state index contributed by atoms with van der Waals surface area (Å²) < 4.78 is 5.72. The lowest BCUT2D eigenvalue weighted by Crippen LogP contribution is -2.50. The van der Waals surface area contributed by atoms with Crippen LogP contribution in [0.1, 0.15) is 57.6 Å². The largest absolute Gasteiger partial charge is 0.494 e. The van der Waals surface area contributed by atoms with Crippen molar-refractivity contribution < 1.29 is 14.3 Å². The van der Waals surface area contributed by atoms with Crippen molar-refractivity contribution in [1.82, 2.24) is 10.2 Å². The van der Waals surface area contributed by atoms with Gasteiger partial charge in [0.05, 0.1) is 6.61 Å². The summed E-state index contributed by atoms with van der Waals surface area (Å²) >= 11 is 0. The van der Waals surface area contributed by atoms with Crippen LogP contribution in [-0.4, -0.2) is 35.4 Å². The third-order valence-electron chi connectivity index (χ3n) is 5.41. The molecule has 0 heterocycles. The molecule has 168 valence electrons. The second-order valence-corrected chi connectivity index (χ2v) is 8.01. The first-order chi connectivity index (χ1) is 14.9. The van der Waals surface area contributed by atoms with Gasteiger partial charge in [-0.3, -0.25) is 9.59 Å². The standard InChI is InChI=1S/C26H36N2O3/c1-5-21(4)27-26(30)24(6-2)28(19-22-16-14-20(3)15-17-22)25(29)13-10-18-31-23-11-8-7-9-12-23/h7-9,11-12,14-17,21,24H,5-6,10,13,18-19H2,1-4H3,(H,27,30)/t21-,24+/m1/s1. The van der Waals surface area contributed by atoms with Crippen molar-refractivity contribution in [3.63, 3.8) is 0 Å². The summed E-state index contributed by atoms with van der Waals surface area (Å²) in [4.78, 5) is 27.8. The van der Waals surface area contributed by atoms with Gasteiger partial charge in [-0.2, -0.15) is 0 Å². The van der Waals surface area contributed by atoms with Gasteiger partial charge in [-0.05, 0) is 50.8 Å². The number of carbonyl (C=O) groups is 2. The van der Waals surface area contributed by atoms with Gasteiger partial charge in [0.15, 0.2) is 0 Å². The van der Waals surface area contributed by atoms with Crippen molar-refractivity contribution in [2.75, 3.05) is 6.61 Å². The molecule has 0 saturated carbocycles. The minimum Gasteiger partial charge on any atom is -0.494 e. The van der Waals surface area contributed by atoms with Gasteiger partial charge < -0.3 is 15.0 Å². The average molecular weight is 425 g/mol. The highest BCUT2D eigenvalue weighted by Gasteiger charge is 2.28. The second-order valence-electron chi connectivity index (χ2n) is 8.01. The maximum atomic E-state index is 13.2. The minimum atomic E-state index is -0.488. The van der Waals surface area contributed by atoms with Gasteiger partial charge >= 0.3 is 0 Å². The third kappa shape index (κ3) is 8.08. The van der Waals surface area contributed by atoms with Gasteiger partial charge in [0, 0.05) is 19.0 Å². The zero-order valence-electron chi connectivity index (χ0n) is 19.3. The van der Waals surface area contributed by atoms with Crippen LogP contribution in [-0.2, 0) is 16.1 Å². The molecule has 0 aliphatic rings. The lowest BCUT2D eigenvalue weighted by molar-refractivity contribution is -0.141. The van der Waals surface area contributed by atoms with E-state index in [1.165, 1.54) is 5.56 Å². The molecule has 2 aromatic rings. The van der Waals surface area contributed by atoms with Gasteiger partial charge in [0.25, 0.3) is 0 Å². The zero-order valence-corrected chi connectivity index (χ0v) is 19.3. The number of hydrogen-bond acceptors (Lipinski definition) is 3. The van der Waals surface area contributed by atoms with Crippen molar-refractivity contribution >= 4 is 11.8 Å². The summed E-state index contributed by atoms with van der Waals surface area (Å²) in [6.45, 7) is 8.89. The van der Waals surface area contributed by atoms with Crippen LogP contribution < -0.4 is 10.1 Å². The van der Waals surface area contributed by atoms with Crippen LogP contribution in [0.4, 0.5) is 0 Å². The fourth-order valence-corrected chi connectivity index (χ4v) is 3.32. The molecule has 0 unspecified atom stereocenters. The number of amides is 2. The quantitative estimate of drug-likeness (QED) is 0.494. The van der Waals surface area contributed by atoms with Gasteiger partial charge in [0.2, 0.25) is 11.8 Å². The Kier molecular flexibility index (Phi) is 10.1. The molecule has 0 aliphatic heterocycles. The van der Waals surface area contributed by atoms with Gasteiger partial charge in [-0.25, -0.2) is 0 Å². The van der Waals surface area contributed by atoms with E-state index in [4.69, 9.17) is 4.74 Å². The molecule has 5 nitrogen and oxygen atoms in total. The lowest BCUT2D eigenvalue weighted by Gasteiger charge is -2.31. The Labute approximate surface area is 186 Å². The Morgan fingerprint density at radius 1 is 1.00 bits per heavy atom. The van der Waals surface area contributed by atoms with Crippen LogP contribution in [0.25, 0.3) is 0 Å². The lowest BCUT2D eigenvalue weighted by atomic mass is 10.1. The summed E-state index contributed by atoms with van der Waals surface area (Å²) in [5, 5.41) is 3.04. The van der Waals surface area contributed by atoms with Crippen LogP contribution in [0, 0.1) is 6.92 Å². The van der Waals surface area contributed by atoms with Gasteiger partial charge in [0.1, 0.15) is 11.8 Å². The fraction of sp³-hybridized carbons (Fsp3) is 0.462. The molecule has 0 aliphatic carbocycles. The monoisotopic (exact) mass is 424 g/mol. The SMILES string of the molecule is CC[C@@H](C)NC(=O)[C@H](CC)N(Cc1ccc(C)cc1)C(=O)CCCOc1ccccc1. The number of nitrogens with zero attached hydrogens (tertiary/aromatic N) is 1. The van der Waals surface area contributed by atoms with Gasteiger partial charge in [-0.1, -0.05) is 61.9 Å². The molecule has 0 fully saturated rings. The maximum absolute atomic E-state index is 13.2. The van der Waals surface area contributed by atoms with Crippen molar-refractivity contribution in [2.45, 2.75) is 72.0 Å². The highest BCUT2D eigenvalue weighted by atomic mass is 16.5. The molecule has 1 N–H and O–H groups in total. The Morgan fingerprint density at radius 2 is 1.68 bits per heavy atom. The summed E-state index contributed by atoms with van der Waals surface area (Å²) in [6, 6.07) is 17.3. The van der Waals surface area contributed by atoms with E-state index in [-0.39, 0.29) is 17.9 Å². The van der Waals surface area contributed by atoms with Crippen LogP contribution >= 0.6 is 0 Å². The number of nitrogens with one attached hydrogen (secondary N) is 1. The number of carbonyl (C=O) groups excluding carboxylic acids is 2. The van der Waals surface area contributed by atoms with Gasteiger partial charge in [-0.15, -0.1) is 0 Å². The van der Waals surface area contributed by atoms with E-state index < -0.39 is 6.04 Å². The molecule has 0 bridgehead atoms. The molecule has 2 rings (SSSR count). The Morgan fingerprint density at radius 3 is 2.29 bits per heavy atom. The molecule has 2 amide bonds. The van der Waals surface area contributed by atoms with E-state index in [9.17, 15) is 9.59 Å². The molecular weight excluding hydrogens is 388 g/mol. The molecule has 5 heteroatoms. The maximum Gasteiger partial charge on any atom is 0.243 e. The zero-order chi connectivity index (χ0) is 22.6. The van der Waals surface area contributed by atoms with E-state index in [0.29, 0.717) is 32.4 Å². The molecule has 2 aromatic carbocycles. The first kappa shape index (κ1) is 24.4. The van der Waals surface area contributed by atoms with Crippen molar-refractivity contribution in [3.8, 4) is 5.75 Å². The van der Waals surface area contributed by atoms with Crippen LogP contribution in [0.3, 0.4) is 0 Å². The van der Waals surface area contributed by atoms with Crippen molar-refractivity contribution in [3.05, 3.63) is 65.7 Å². The molecule has 2 atom stereocenters. The molecule has 31 heavy (non-hydrogen) atoms. The van der Waals surface area contributed by atoms with E-state index in [0.717, 1.165) is 17.7 Å². The number of aryl methyl sites for hydroxylation is 1. The fourth-order valence-electron chi connectivity index (χ4n) is 3.32. The average Bonchev–Trinajstić information content (AvgIpc) is 2.78. The third-order valence-corrected chi connectivity index (χ3v) is 5.41. The summed E-state index contributed by atoms with van der Waals surface area (Å²) in [5.74, 6) is 0.687. The number of hydrogen-bond donors (Lipinski definition) is 1. The molecule has 0 radical (unpaired) electrons. The first-order valence-electron chi connectivity index (χ1n) is 11.3. The van der Waals surface area contributed by atoms with Crippen LogP contribution in [0.2, 0.25) is 0 Å². The Balaban J connectivity index is 2.06. The highest BCUT2D eigenvalue weighted by molar-refractivity contribution is 5.87. The second kappa shape index (κ2) is 12.8. The Bertz CT molecular complexity index is 805. The number of benzene rings is 2.